The Hall–Kier alpha value is -2.73. The maximum Gasteiger partial charge on any atom is 0.251 e. The van der Waals surface area contributed by atoms with Gasteiger partial charge in [-0.1, -0.05) is 11.6 Å². The van der Waals surface area contributed by atoms with E-state index in [1.54, 1.807) is 0 Å². The number of nitrogens with zero attached hydrogens (tertiary/aromatic N) is 2. The van der Waals surface area contributed by atoms with E-state index in [1.807, 2.05) is 18.2 Å². The number of carbonyl (C=O) groups excluding carboxylic acids is 1. The fourth-order valence-electron chi connectivity index (χ4n) is 2.84. The quantitative estimate of drug-likeness (QED) is 0.627. The van der Waals surface area contributed by atoms with E-state index in [0.29, 0.717) is 29.6 Å². The van der Waals surface area contributed by atoms with Crippen molar-refractivity contribution in [3.63, 3.8) is 0 Å². The van der Waals surface area contributed by atoms with Crippen LogP contribution in [-0.2, 0) is 0 Å². The standard InChI is InChI=1S/C20H18ClFN4O/c21-14-5-8-16-17(11-14)25-18(12-1-2-12)26-19(16)23-9-10-24-20(27)13-3-6-15(22)7-4-13/h3-8,11-12H,1-2,9-10H2,(H,24,27)(H,23,25,26). The third-order valence-electron chi connectivity index (χ3n) is 4.43. The van der Waals surface area contributed by atoms with Crippen molar-refractivity contribution in [3.05, 3.63) is 64.7 Å². The average molecular weight is 385 g/mol. The van der Waals surface area contributed by atoms with Crippen LogP contribution in [0.4, 0.5) is 10.2 Å². The molecule has 0 aliphatic heterocycles. The molecule has 7 heteroatoms. The van der Waals surface area contributed by atoms with Crippen molar-refractivity contribution in [1.82, 2.24) is 15.3 Å². The van der Waals surface area contributed by atoms with E-state index in [0.717, 1.165) is 35.4 Å². The van der Waals surface area contributed by atoms with E-state index in [1.165, 1.54) is 24.3 Å². The SMILES string of the molecule is O=C(NCCNc1nc(C2CC2)nc2cc(Cl)ccc12)c1ccc(F)cc1. The summed E-state index contributed by atoms with van der Waals surface area (Å²) in [7, 11) is 0. The molecule has 1 aliphatic carbocycles. The van der Waals surface area contributed by atoms with Gasteiger partial charge in [0.05, 0.1) is 5.52 Å². The Morgan fingerprint density at radius 1 is 1.11 bits per heavy atom. The highest BCUT2D eigenvalue weighted by Crippen LogP contribution is 2.39. The predicted molar refractivity (Wildman–Crippen MR) is 104 cm³/mol. The van der Waals surface area contributed by atoms with Gasteiger partial charge in [-0.3, -0.25) is 4.79 Å². The van der Waals surface area contributed by atoms with E-state index in [4.69, 9.17) is 11.6 Å². The van der Waals surface area contributed by atoms with Gasteiger partial charge in [-0.05, 0) is 55.3 Å². The first-order valence-corrected chi connectivity index (χ1v) is 9.23. The number of nitrogens with one attached hydrogen (secondary N) is 2. The number of aromatic nitrogens is 2. The molecule has 2 aromatic carbocycles. The van der Waals surface area contributed by atoms with Crippen molar-refractivity contribution in [1.29, 1.82) is 0 Å². The first-order chi connectivity index (χ1) is 13.1. The summed E-state index contributed by atoms with van der Waals surface area (Å²) in [6, 6.07) is 11.0. The molecule has 1 heterocycles. The van der Waals surface area contributed by atoms with Crippen LogP contribution in [0.3, 0.4) is 0 Å². The van der Waals surface area contributed by atoms with Gasteiger partial charge in [0.2, 0.25) is 0 Å². The minimum Gasteiger partial charge on any atom is -0.368 e. The van der Waals surface area contributed by atoms with Gasteiger partial charge >= 0.3 is 0 Å². The van der Waals surface area contributed by atoms with Gasteiger partial charge in [-0.25, -0.2) is 14.4 Å². The van der Waals surface area contributed by atoms with Gasteiger partial charge in [-0.2, -0.15) is 0 Å². The van der Waals surface area contributed by atoms with Gasteiger partial charge in [-0.15, -0.1) is 0 Å². The second kappa shape index (κ2) is 7.48. The van der Waals surface area contributed by atoms with Crippen molar-refractivity contribution in [3.8, 4) is 0 Å². The van der Waals surface area contributed by atoms with Gasteiger partial charge in [0.15, 0.2) is 0 Å². The zero-order valence-corrected chi connectivity index (χ0v) is 15.3. The Balaban J connectivity index is 1.42. The first kappa shape index (κ1) is 17.7. The molecular weight excluding hydrogens is 367 g/mol. The predicted octanol–water partition coefficient (Wildman–Crippen LogP) is 4.14. The molecule has 1 amide bonds. The van der Waals surface area contributed by atoms with E-state index in [2.05, 4.69) is 20.6 Å². The zero-order valence-electron chi connectivity index (χ0n) is 14.5. The number of fused-ring (bicyclic) bond motifs is 1. The minimum atomic E-state index is -0.365. The molecule has 5 nitrogen and oxygen atoms in total. The number of carbonyl (C=O) groups is 1. The second-order valence-electron chi connectivity index (χ2n) is 6.56. The summed E-state index contributed by atoms with van der Waals surface area (Å²) in [6.07, 6.45) is 2.22. The van der Waals surface area contributed by atoms with E-state index < -0.39 is 0 Å². The lowest BCUT2D eigenvalue weighted by Crippen LogP contribution is -2.29. The molecule has 1 aliphatic rings. The van der Waals surface area contributed by atoms with Crippen molar-refractivity contribution in [2.24, 2.45) is 0 Å². The van der Waals surface area contributed by atoms with Crippen LogP contribution in [0.5, 0.6) is 0 Å². The topological polar surface area (TPSA) is 66.9 Å². The van der Waals surface area contributed by atoms with Crippen LogP contribution in [0.2, 0.25) is 5.02 Å². The number of rotatable bonds is 6. The molecule has 2 N–H and O–H groups in total. The normalized spacial score (nSPS) is 13.6. The summed E-state index contributed by atoms with van der Waals surface area (Å²) in [4.78, 5) is 21.4. The molecule has 0 unspecified atom stereocenters. The van der Waals surface area contributed by atoms with Crippen molar-refractivity contribution >= 4 is 34.2 Å². The fraction of sp³-hybridized carbons (Fsp3) is 0.250. The first-order valence-electron chi connectivity index (χ1n) is 8.85. The molecule has 1 aromatic heterocycles. The molecule has 0 atom stereocenters. The second-order valence-corrected chi connectivity index (χ2v) is 6.99. The van der Waals surface area contributed by atoms with Crippen molar-refractivity contribution in [2.45, 2.75) is 18.8 Å². The largest absolute Gasteiger partial charge is 0.368 e. The van der Waals surface area contributed by atoms with Crippen LogP contribution >= 0.6 is 11.6 Å². The fourth-order valence-corrected chi connectivity index (χ4v) is 3.01. The zero-order chi connectivity index (χ0) is 18.8. The Kier molecular flexibility index (Phi) is 4.90. The van der Waals surface area contributed by atoms with E-state index in [9.17, 15) is 9.18 Å². The number of anilines is 1. The lowest BCUT2D eigenvalue weighted by molar-refractivity contribution is 0.0955. The van der Waals surface area contributed by atoms with Crippen molar-refractivity contribution in [2.75, 3.05) is 18.4 Å². The molecule has 0 saturated heterocycles. The smallest absolute Gasteiger partial charge is 0.251 e. The third kappa shape index (κ3) is 4.17. The van der Waals surface area contributed by atoms with Crippen LogP contribution in [0.25, 0.3) is 10.9 Å². The maximum absolute atomic E-state index is 12.9. The van der Waals surface area contributed by atoms with Crippen LogP contribution < -0.4 is 10.6 Å². The van der Waals surface area contributed by atoms with Gasteiger partial charge in [0.1, 0.15) is 17.5 Å². The molecule has 3 aromatic rings. The lowest BCUT2D eigenvalue weighted by atomic mass is 10.2. The lowest BCUT2D eigenvalue weighted by Gasteiger charge is -2.11. The average Bonchev–Trinajstić information content (AvgIpc) is 3.50. The highest BCUT2D eigenvalue weighted by molar-refractivity contribution is 6.31. The molecule has 0 radical (unpaired) electrons. The number of hydrogen-bond acceptors (Lipinski definition) is 4. The summed E-state index contributed by atoms with van der Waals surface area (Å²) in [5.41, 5.74) is 1.24. The Morgan fingerprint density at radius 3 is 2.63 bits per heavy atom. The van der Waals surface area contributed by atoms with Gasteiger partial charge in [0, 0.05) is 35.0 Å². The summed E-state index contributed by atoms with van der Waals surface area (Å²) in [5.74, 6) is 1.40. The van der Waals surface area contributed by atoms with E-state index >= 15 is 0 Å². The number of halogens is 2. The van der Waals surface area contributed by atoms with Gasteiger partial charge in [0.25, 0.3) is 5.91 Å². The molecule has 1 saturated carbocycles. The molecule has 1 fully saturated rings. The monoisotopic (exact) mass is 384 g/mol. The minimum absolute atomic E-state index is 0.241. The highest BCUT2D eigenvalue weighted by Gasteiger charge is 2.27. The van der Waals surface area contributed by atoms with Crippen LogP contribution in [-0.4, -0.2) is 29.0 Å². The molecular formula is C20H18ClFN4O. The Bertz CT molecular complexity index is 989. The molecule has 138 valence electrons. The molecule has 4 rings (SSSR count). The maximum atomic E-state index is 12.9. The summed E-state index contributed by atoms with van der Waals surface area (Å²) >= 11 is 6.10. The number of hydrogen-bond donors (Lipinski definition) is 2. The molecule has 27 heavy (non-hydrogen) atoms. The van der Waals surface area contributed by atoms with Gasteiger partial charge < -0.3 is 10.6 Å². The Labute approximate surface area is 161 Å². The van der Waals surface area contributed by atoms with Crippen LogP contribution in [0.15, 0.2) is 42.5 Å². The summed E-state index contributed by atoms with van der Waals surface area (Å²) < 4.78 is 12.9. The molecule has 0 bridgehead atoms. The van der Waals surface area contributed by atoms with E-state index in [-0.39, 0.29) is 11.7 Å². The summed E-state index contributed by atoms with van der Waals surface area (Å²) in [6.45, 7) is 0.917. The van der Waals surface area contributed by atoms with Crippen molar-refractivity contribution < 1.29 is 9.18 Å². The number of benzene rings is 2. The third-order valence-corrected chi connectivity index (χ3v) is 4.66. The highest BCUT2D eigenvalue weighted by atomic mass is 35.5. The number of amides is 1. The Morgan fingerprint density at radius 2 is 1.89 bits per heavy atom. The molecule has 0 spiro atoms. The summed E-state index contributed by atoms with van der Waals surface area (Å²) in [5, 5.41) is 7.62. The van der Waals surface area contributed by atoms with Crippen LogP contribution in [0, 0.1) is 5.82 Å². The van der Waals surface area contributed by atoms with Crippen LogP contribution in [0.1, 0.15) is 34.9 Å².